The van der Waals surface area contributed by atoms with Crippen molar-refractivity contribution in [1.82, 2.24) is 4.90 Å². The molecule has 0 aromatic heterocycles. The number of rotatable bonds is 3. The molecular formula is C14H16BrNO4. The first-order chi connectivity index (χ1) is 9.66. The quantitative estimate of drug-likeness (QED) is 0.915. The third kappa shape index (κ3) is 2.50. The molecular weight excluding hydrogens is 326 g/mol. The largest absolute Gasteiger partial charge is 0.480 e. The number of aliphatic carboxylic acids is 1. The molecule has 2 heterocycles. The molecule has 2 aliphatic heterocycles. The van der Waals surface area contributed by atoms with Crippen molar-refractivity contribution < 1.29 is 19.4 Å². The van der Waals surface area contributed by atoms with Crippen molar-refractivity contribution in [3.63, 3.8) is 0 Å². The minimum Gasteiger partial charge on any atom is -0.480 e. The Hall–Kier alpha value is -1.27. The third-order valence-corrected chi connectivity index (χ3v) is 4.34. The van der Waals surface area contributed by atoms with Crippen LogP contribution in [0.1, 0.15) is 30.9 Å². The number of hydrogen-bond donors (Lipinski definition) is 1. The van der Waals surface area contributed by atoms with Gasteiger partial charge >= 0.3 is 5.97 Å². The summed E-state index contributed by atoms with van der Waals surface area (Å²) in [4.78, 5) is 13.7. The first kappa shape index (κ1) is 13.7. The number of benzene rings is 1. The maximum Gasteiger partial charge on any atom is 0.325 e. The van der Waals surface area contributed by atoms with E-state index in [2.05, 4.69) is 15.9 Å². The highest BCUT2D eigenvalue weighted by molar-refractivity contribution is 9.10. The number of nitrogens with zero attached hydrogens (tertiary/aromatic N) is 1. The summed E-state index contributed by atoms with van der Waals surface area (Å²) >= 11 is 3.42. The van der Waals surface area contributed by atoms with Crippen molar-refractivity contribution in [3.05, 3.63) is 22.2 Å². The first-order valence-electron chi connectivity index (χ1n) is 6.73. The zero-order chi connectivity index (χ0) is 14.1. The predicted molar refractivity (Wildman–Crippen MR) is 76.1 cm³/mol. The predicted octanol–water partition coefficient (Wildman–Crippen LogP) is 2.79. The van der Waals surface area contributed by atoms with E-state index in [1.54, 1.807) is 6.07 Å². The Bertz CT molecular complexity index is 528. The fourth-order valence-corrected chi connectivity index (χ4v) is 3.41. The molecule has 1 unspecified atom stereocenters. The number of piperidine rings is 1. The molecule has 108 valence electrons. The van der Waals surface area contributed by atoms with E-state index in [9.17, 15) is 9.90 Å². The smallest absolute Gasteiger partial charge is 0.325 e. The second kappa shape index (κ2) is 5.61. The van der Waals surface area contributed by atoms with Gasteiger partial charge in [0.15, 0.2) is 11.5 Å². The Morgan fingerprint density at radius 3 is 2.70 bits per heavy atom. The molecule has 3 rings (SSSR count). The SMILES string of the molecule is O=C(O)C(c1cc(Br)c2c(c1)OCO2)N1CCCCC1. The van der Waals surface area contributed by atoms with E-state index in [4.69, 9.17) is 9.47 Å². The Labute approximate surface area is 125 Å². The van der Waals surface area contributed by atoms with Crippen molar-refractivity contribution in [2.24, 2.45) is 0 Å². The molecule has 20 heavy (non-hydrogen) atoms. The Morgan fingerprint density at radius 1 is 1.25 bits per heavy atom. The van der Waals surface area contributed by atoms with Crippen molar-refractivity contribution in [2.75, 3.05) is 19.9 Å². The van der Waals surface area contributed by atoms with E-state index in [0.29, 0.717) is 11.5 Å². The van der Waals surface area contributed by atoms with Gasteiger partial charge < -0.3 is 14.6 Å². The van der Waals surface area contributed by atoms with Crippen LogP contribution in [0.25, 0.3) is 0 Å². The molecule has 1 aromatic carbocycles. The lowest BCUT2D eigenvalue weighted by atomic mass is 10.0. The Morgan fingerprint density at radius 2 is 2.00 bits per heavy atom. The van der Waals surface area contributed by atoms with Crippen molar-refractivity contribution >= 4 is 21.9 Å². The molecule has 0 saturated carbocycles. The van der Waals surface area contributed by atoms with Gasteiger partial charge in [-0.25, -0.2) is 0 Å². The van der Waals surface area contributed by atoms with Crippen LogP contribution in [0.2, 0.25) is 0 Å². The van der Waals surface area contributed by atoms with Crippen LogP contribution in [-0.2, 0) is 4.79 Å². The molecule has 1 saturated heterocycles. The summed E-state index contributed by atoms with van der Waals surface area (Å²) in [6, 6.07) is 2.97. The minimum absolute atomic E-state index is 0.179. The first-order valence-corrected chi connectivity index (χ1v) is 7.52. The second-order valence-electron chi connectivity index (χ2n) is 5.07. The highest BCUT2D eigenvalue weighted by Gasteiger charge is 2.31. The third-order valence-electron chi connectivity index (χ3n) is 3.76. The summed E-state index contributed by atoms with van der Waals surface area (Å²) in [7, 11) is 0. The number of carboxylic acids is 1. The highest BCUT2D eigenvalue weighted by Crippen LogP contribution is 2.42. The molecule has 6 heteroatoms. The van der Waals surface area contributed by atoms with Crippen LogP contribution < -0.4 is 9.47 Å². The molecule has 0 aliphatic carbocycles. The van der Waals surface area contributed by atoms with Crippen LogP contribution in [0, 0.1) is 0 Å². The van der Waals surface area contributed by atoms with E-state index < -0.39 is 12.0 Å². The van der Waals surface area contributed by atoms with Gasteiger partial charge in [-0.3, -0.25) is 9.69 Å². The van der Waals surface area contributed by atoms with Gasteiger partial charge in [-0.15, -0.1) is 0 Å². The van der Waals surface area contributed by atoms with Gasteiger partial charge in [0.2, 0.25) is 6.79 Å². The van der Waals surface area contributed by atoms with E-state index in [-0.39, 0.29) is 6.79 Å². The van der Waals surface area contributed by atoms with Gasteiger partial charge in [0.1, 0.15) is 6.04 Å². The Balaban J connectivity index is 1.95. The van der Waals surface area contributed by atoms with Crippen LogP contribution in [-0.4, -0.2) is 35.9 Å². The molecule has 0 radical (unpaired) electrons. The van der Waals surface area contributed by atoms with E-state index in [1.165, 1.54) is 6.42 Å². The molecule has 2 aliphatic rings. The summed E-state index contributed by atoms with van der Waals surface area (Å²) in [5.74, 6) is 0.437. The van der Waals surface area contributed by atoms with Crippen LogP contribution in [0.15, 0.2) is 16.6 Å². The van der Waals surface area contributed by atoms with Gasteiger partial charge in [0.05, 0.1) is 4.47 Å². The summed E-state index contributed by atoms with van der Waals surface area (Å²) in [6.45, 7) is 1.82. The van der Waals surface area contributed by atoms with Crippen molar-refractivity contribution in [2.45, 2.75) is 25.3 Å². The maximum atomic E-state index is 11.7. The Kier molecular flexibility index (Phi) is 3.85. The topological polar surface area (TPSA) is 59.0 Å². The number of fused-ring (bicyclic) bond motifs is 1. The van der Waals surface area contributed by atoms with E-state index in [0.717, 1.165) is 36.0 Å². The number of likely N-dealkylation sites (tertiary alicyclic amines) is 1. The van der Waals surface area contributed by atoms with E-state index >= 15 is 0 Å². The zero-order valence-electron chi connectivity index (χ0n) is 11.0. The highest BCUT2D eigenvalue weighted by atomic mass is 79.9. The van der Waals surface area contributed by atoms with Crippen LogP contribution in [0.5, 0.6) is 11.5 Å². The lowest BCUT2D eigenvalue weighted by Gasteiger charge is -2.32. The average Bonchev–Trinajstić information content (AvgIpc) is 2.88. The van der Waals surface area contributed by atoms with E-state index in [1.807, 2.05) is 11.0 Å². The second-order valence-corrected chi connectivity index (χ2v) is 5.93. The monoisotopic (exact) mass is 341 g/mol. The normalized spacial score (nSPS) is 19.9. The fourth-order valence-electron chi connectivity index (χ4n) is 2.83. The number of ether oxygens (including phenoxy) is 2. The molecule has 0 bridgehead atoms. The van der Waals surface area contributed by atoms with Crippen molar-refractivity contribution in [3.8, 4) is 11.5 Å². The van der Waals surface area contributed by atoms with Crippen LogP contribution >= 0.6 is 15.9 Å². The summed E-state index contributed by atoms with van der Waals surface area (Å²) in [5.41, 5.74) is 0.732. The van der Waals surface area contributed by atoms with Gasteiger partial charge in [-0.2, -0.15) is 0 Å². The number of carbonyl (C=O) groups is 1. The number of carboxylic acid groups (broad SMARTS) is 1. The number of hydrogen-bond acceptors (Lipinski definition) is 4. The molecule has 1 atom stereocenters. The van der Waals surface area contributed by atoms with Crippen LogP contribution in [0.3, 0.4) is 0 Å². The van der Waals surface area contributed by atoms with Crippen LogP contribution in [0.4, 0.5) is 0 Å². The van der Waals surface area contributed by atoms with Gasteiger partial charge in [0.25, 0.3) is 0 Å². The molecule has 1 N–H and O–H groups in total. The van der Waals surface area contributed by atoms with Gasteiger partial charge in [0, 0.05) is 0 Å². The standard InChI is InChI=1S/C14H16BrNO4/c15-10-6-9(7-11-13(10)20-8-19-11)12(14(17)18)16-4-2-1-3-5-16/h6-7,12H,1-5,8H2,(H,17,18). The zero-order valence-corrected chi connectivity index (χ0v) is 12.6. The maximum absolute atomic E-state index is 11.7. The molecule has 5 nitrogen and oxygen atoms in total. The molecule has 0 amide bonds. The molecule has 1 aromatic rings. The summed E-state index contributed by atoms with van der Waals surface area (Å²) in [5, 5.41) is 9.59. The van der Waals surface area contributed by atoms with Gasteiger partial charge in [-0.05, 0) is 59.6 Å². The number of halogens is 1. The summed E-state index contributed by atoms with van der Waals surface area (Å²) < 4.78 is 11.5. The van der Waals surface area contributed by atoms with Gasteiger partial charge in [-0.1, -0.05) is 6.42 Å². The summed E-state index contributed by atoms with van der Waals surface area (Å²) in [6.07, 6.45) is 3.28. The molecule has 1 fully saturated rings. The minimum atomic E-state index is -0.822. The van der Waals surface area contributed by atoms with Crippen molar-refractivity contribution in [1.29, 1.82) is 0 Å². The lowest BCUT2D eigenvalue weighted by molar-refractivity contribution is -0.144. The molecule has 0 spiro atoms. The lowest BCUT2D eigenvalue weighted by Crippen LogP contribution is -2.37. The average molecular weight is 342 g/mol. The fraction of sp³-hybridized carbons (Fsp3) is 0.500.